The van der Waals surface area contributed by atoms with Gasteiger partial charge in [0.25, 0.3) is 0 Å². The minimum atomic E-state index is -0.205. The number of oxazole rings is 1. The summed E-state index contributed by atoms with van der Waals surface area (Å²) in [5.41, 5.74) is 2.13. The van der Waals surface area contributed by atoms with Crippen LogP contribution in [0, 0.1) is 6.92 Å². The van der Waals surface area contributed by atoms with Gasteiger partial charge in [0.1, 0.15) is 0 Å². The first-order valence-corrected chi connectivity index (χ1v) is 8.02. The van der Waals surface area contributed by atoms with Gasteiger partial charge < -0.3 is 15.1 Å². The topological polar surface area (TPSA) is 84.2 Å². The van der Waals surface area contributed by atoms with Gasteiger partial charge in [-0.15, -0.1) is 0 Å². The molecule has 2 amide bonds. The van der Waals surface area contributed by atoms with Crippen LogP contribution >= 0.6 is 0 Å². The number of nitrogens with zero attached hydrogens (tertiary/aromatic N) is 1. The lowest BCUT2D eigenvalue weighted by atomic mass is 10.1. The van der Waals surface area contributed by atoms with Crippen LogP contribution in [0.25, 0.3) is 11.3 Å². The van der Waals surface area contributed by atoms with Crippen molar-refractivity contribution in [3.8, 4) is 11.3 Å². The average Bonchev–Trinajstić information content (AvgIpc) is 3.00. The highest BCUT2D eigenvalue weighted by Gasteiger charge is 2.10. The Kier molecular flexibility index (Phi) is 6.12. The first-order chi connectivity index (χ1) is 11.4. The molecule has 1 aromatic carbocycles. The van der Waals surface area contributed by atoms with Crippen molar-refractivity contribution in [2.45, 2.75) is 39.7 Å². The van der Waals surface area contributed by atoms with E-state index in [4.69, 9.17) is 4.42 Å². The monoisotopic (exact) mass is 329 g/mol. The van der Waals surface area contributed by atoms with Gasteiger partial charge in [-0.2, -0.15) is 0 Å². The van der Waals surface area contributed by atoms with Crippen LogP contribution in [0.4, 0.5) is 0 Å². The van der Waals surface area contributed by atoms with Crippen molar-refractivity contribution in [3.05, 3.63) is 41.9 Å². The molecule has 128 valence electrons. The third-order valence-electron chi connectivity index (χ3n) is 3.35. The van der Waals surface area contributed by atoms with E-state index in [2.05, 4.69) is 15.6 Å². The maximum absolute atomic E-state index is 11.8. The van der Waals surface area contributed by atoms with Crippen LogP contribution in [-0.4, -0.2) is 29.4 Å². The number of carbonyl (C=O) groups excluding carboxylic acids is 2. The smallest absolute Gasteiger partial charge is 0.239 e. The molecule has 1 aromatic heterocycles. The van der Waals surface area contributed by atoms with Crippen molar-refractivity contribution in [2.24, 2.45) is 0 Å². The molecular weight excluding hydrogens is 306 g/mol. The molecule has 0 saturated heterocycles. The van der Waals surface area contributed by atoms with Crippen LogP contribution < -0.4 is 10.6 Å². The van der Waals surface area contributed by atoms with E-state index in [-0.39, 0.29) is 30.8 Å². The largest absolute Gasteiger partial charge is 0.441 e. The molecule has 0 aliphatic rings. The molecule has 0 fully saturated rings. The average molecular weight is 329 g/mol. The highest BCUT2D eigenvalue weighted by Crippen LogP contribution is 2.21. The Hall–Kier alpha value is -2.63. The lowest BCUT2D eigenvalue weighted by Gasteiger charge is -2.08. The van der Waals surface area contributed by atoms with Crippen LogP contribution in [0.1, 0.15) is 31.7 Å². The van der Waals surface area contributed by atoms with E-state index >= 15 is 0 Å². The van der Waals surface area contributed by atoms with E-state index in [1.807, 2.05) is 45.0 Å². The summed E-state index contributed by atoms with van der Waals surface area (Å²) in [5, 5.41) is 5.30. The Morgan fingerprint density at radius 1 is 1.17 bits per heavy atom. The maximum Gasteiger partial charge on any atom is 0.239 e. The van der Waals surface area contributed by atoms with Crippen LogP contribution in [0.15, 0.2) is 34.9 Å². The lowest BCUT2D eigenvalue weighted by Crippen LogP contribution is -2.39. The number of benzene rings is 1. The highest BCUT2D eigenvalue weighted by atomic mass is 16.4. The second-order valence-corrected chi connectivity index (χ2v) is 5.98. The second kappa shape index (κ2) is 8.29. The van der Waals surface area contributed by atoms with Gasteiger partial charge in [0, 0.05) is 24.4 Å². The summed E-state index contributed by atoms with van der Waals surface area (Å²) in [7, 11) is 0. The summed E-state index contributed by atoms with van der Waals surface area (Å²) in [5.74, 6) is 0.786. The summed E-state index contributed by atoms with van der Waals surface area (Å²) < 4.78 is 5.67. The molecule has 6 nitrogen and oxygen atoms in total. The number of hydrogen-bond donors (Lipinski definition) is 2. The normalized spacial score (nSPS) is 10.7. The number of hydrogen-bond acceptors (Lipinski definition) is 4. The van der Waals surface area contributed by atoms with E-state index in [9.17, 15) is 9.59 Å². The van der Waals surface area contributed by atoms with Crippen LogP contribution in [0.2, 0.25) is 0 Å². The van der Waals surface area contributed by atoms with Gasteiger partial charge in [0.2, 0.25) is 11.8 Å². The predicted octanol–water partition coefficient (Wildman–Crippen LogP) is 2.22. The molecular formula is C18H23N3O3. The van der Waals surface area contributed by atoms with Crippen molar-refractivity contribution < 1.29 is 14.0 Å². The minimum Gasteiger partial charge on any atom is -0.441 e. The van der Waals surface area contributed by atoms with Gasteiger partial charge >= 0.3 is 0 Å². The Labute approximate surface area is 141 Å². The van der Waals surface area contributed by atoms with E-state index in [0.717, 1.165) is 5.56 Å². The molecule has 2 rings (SSSR count). The van der Waals surface area contributed by atoms with E-state index in [1.54, 1.807) is 6.20 Å². The first kappa shape index (κ1) is 17.7. The second-order valence-electron chi connectivity index (χ2n) is 5.98. The SMILES string of the molecule is Cc1ccc(-c2cnc(CCC(=O)NCC(=O)NC(C)C)o2)cc1. The number of aryl methyl sites for hydroxylation is 2. The summed E-state index contributed by atoms with van der Waals surface area (Å²) >= 11 is 0. The van der Waals surface area contributed by atoms with Gasteiger partial charge in [-0.1, -0.05) is 29.8 Å². The first-order valence-electron chi connectivity index (χ1n) is 8.02. The molecule has 0 aliphatic heterocycles. The van der Waals surface area contributed by atoms with E-state index in [0.29, 0.717) is 18.1 Å². The molecule has 6 heteroatoms. The van der Waals surface area contributed by atoms with E-state index in [1.165, 1.54) is 5.56 Å². The van der Waals surface area contributed by atoms with Crippen molar-refractivity contribution in [3.63, 3.8) is 0 Å². The van der Waals surface area contributed by atoms with Crippen molar-refractivity contribution in [2.75, 3.05) is 6.54 Å². The lowest BCUT2D eigenvalue weighted by molar-refractivity contribution is -0.126. The minimum absolute atomic E-state index is 0.0167. The third kappa shape index (κ3) is 5.53. The zero-order chi connectivity index (χ0) is 17.5. The maximum atomic E-state index is 11.8. The van der Waals surface area contributed by atoms with Crippen LogP contribution in [0.3, 0.4) is 0 Å². The van der Waals surface area contributed by atoms with Gasteiger partial charge in [-0.3, -0.25) is 9.59 Å². The van der Waals surface area contributed by atoms with Crippen molar-refractivity contribution >= 4 is 11.8 Å². The quantitative estimate of drug-likeness (QED) is 0.816. The number of rotatable bonds is 7. The molecule has 0 spiro atoms. The van der Waals surface area contributed by atoms with Crippen LogP contribution in [-0.2, 0) is 16.0 Å². The fourth-order valence-electron chi connectivity index (χ4n) is 2.14. The third-order valence-corrected chi connectivity index (χ3v) is 3.35. The Balaban J connectivity index is 1.79. The zero-order valence-corrected chi connectivity index (χ0v) is 14.3. The zero-order valence-electron chi connectivity index (χ0n) is 14.3. The van der Waals surface area contributed by atoms with Gasteiger partial charge in [0.15, 0.2) is 11.7 Å². The van der Waals surface area contributed by atoms with Gasteiger partial charge in [-0.05, 0) is 20.8 Å². The van der Waals surface area contributed by atoms with Crippen molar-refractivity contribution in [1.82, 2.24) is 15.6 Å². The molecule has 0 aliphatic carbocycles. The molecule has 0 radical (unpaired) electrons. The fourth-order valence-corrected chi connectivity index (χ4v) is 2.14. The summed E-state index contributed by atoms with van der Waals surface area (Å²) in [4.78, 5) is 27.4. The summed E-state index contributed by atoms with van der Waals surface area (Å²) in [6, 6.07) is 8.02. The van der Waals surface area contributed by atoms with Crippen molar-refractivity contribution in [1.29, 1.82) is 0 Å². The fraction of sp³-hybridized carbons (Fsp3) is 0.389. The summed E-state index contributed by atoms with van der Waals surface area (Å²) in [6.45, 7) is 5.74. The molecule has 2 N–H and O–H groups in total. The molecule has 24 heavy (non-hydrogen) atoms. The molecule has 0 unspecified atom stereocenters. The Bertz CT molecular complexity index is 690. The Morgan fingerprint density at radius 2 is 1.88 bits per heavy atom. The number of amides is 2. The predicted molar refractivity (Wildman–Crippen MR) is 91.3 cm³/mol. The standard InChI is InChI=1S/C18H23N3O3/c1-12(2)21-17(23)11-19-16(22)8-9-18-20-10-15(24-18)14-6-4-13(3)5-7-14/h4-7,10,12H,8-9,11H2,1-3H3,(H,19,22)(H,21,23). The Morgan fingerprint density at radius 3 is 2.54 bits per heavy atom. The highest BCUT2D eigenvalue weighted by molar-refractivity contribution is 5.84. The van der Waals surface area contributed by atoms with Gasteiger partial charge in [-0.25, -0.2) is 4.98 Å². The molecule has 0 bridgehead atoms. The summed E-state index contributed by atoms with van der Waals surface area (Å²) in [6.07, 6.45) is 2.28. The number of carbonyl (C=O) groups is 2. The number of nitrogens with one attached hydrogen (secondary N) is 2. The van der Waals surface area contributed by atoms with Gasteiger partial charge in [0.05, 0.1) is 12.7 Å². The molecule has 0 atom stereocenters. The van der Waals surface area contributed by atoms with E-state index < -0.39 is 0 Å². The molecule has 1 heterocycles. The van der Waals surface area contributed by atoms with Crippen LogP contribution in [0.5, 0.6) is 0 Å². The molecule has 2 aromatic rings. The molecule has 0 saturated carbocycles. The number of aromatic nitrogens is 1.